The molecule has 3 aliphatic rings. The average Bonchev–Trinajstić information content (AvgIpc) is 3.01. The van der Waals surface area contributed by atoms with Crippen molar-refractivity contribution >= 4 is 0 Å². The quantitative estimate of drug-likeness (QED) is 0.856. The van der Waals surface area contributed by atoms with Gasteiger partial charge in [-0.25, -0.2) is 0 Å². The fraction of sp³-hybridized carbons (Fsp3) is 1.00. The van der Waals surface area contributed by atoms with Gasteiger partial charge in [-0.15, -0.1) is 0 Å². The van der Waals surface area contributed by atoms with Gasteiger partial charge < -0.3 is 10.2 Å². The molecule has 116 valence electrons. The van der Waals surface area contributed by atoms with E-state index in [1.54, 1.807) is 0 Å². The number of nitrogens with zero attached hydrogens (tertiary/aromatic N) is 2. The number of likely N-dealkylation sites (tertiary alicyclic amines) is 2. The van der Waals surface area contributed by atoms with Gasteiger partial charge in [0.25, 0.3) is 0 Å². The lowest BCUT2D eigenvalue weighted by molar-refractivity contribution is 0.0303. The van der Waals surface area contributed by atoms with Crippen molar-refractivity contribution in [2.24, 2.45) is 0 Å². The van der Waals surface area contributed by atoms with Gasteiger partial charge >= 0.3 is 0 Å². The highest BCUT2D eigenvalue weighted by Crippen LogP contribution is 2.29. The molecule has 1 N–H and O–H groups in total. The topological polar surface area (TPSA) is 18.5 Å². The molecule has 3 heteroatoms. The van der Waals surface area contributed by atoms with Crippen molar-refractivity contribution in [1.82, 2.24) is 15.1 Å². The summed E-state index contributed by atoms with van der Waals surface area (Å²) in [6, 6.07) is 3.21. The maximum absolute atomic E-state index is 3.77. The predicted molar refractivity (Wildman–Crippen MR) is 85.1 cm³/mol. The second kappa shape index (κ2) is 6.76. The van der Waals surface area contributed by atoms with Crippen molar-refractivity contribution in [2.45, 2.75) is 83.0 Å². The van der Waals surface area contributed by atoms with E-state index in [0.717, 1.165) is 24.2 Å². The van der Waals surface area contributed by atoms with Crippen LogP contribution in [0.25, 0.3) is 0 Å². The van der Waals surface area contributed by atoms with Crippen LogP contribution in [0, 0.1) is 0 Å². The fourth-order valence-electron chi connectivity index (χ4n) is 4.64. The molecule has 0 saturated carbocycles. The summed E-state index contributed by atoms with van der Waals surface area (Å²) < 4.78 is 0. The lowest BCUT2D eigenvalue weighted by Gasteiger charge is -2.47. The van der Waals surface area contributed by atoms with Crippen LogP contribution in [0.2, 0.25) is 0 Å². The van der Waals surface area contributed by atoms with Crippen molar-refractivity contribution in [3.05, 3.63) is 0 Å². The zero-order chi connectivity index (χ0) is 13.9. The van der Waals surface area contributed by atoms with Gasteiger partial charge in [0.1, 0.15) is 0 Å². The van der Waals surface area contributed by atoms with Crippen LogP contribution >= 0.6 is 0 Å². The van der Waals surface area contributed by atoms with Gasteiger partial charge in [0.05, 0.1) is 0 Å². The highest BCUT2D eigenvalue weighted by molar-refractivity contribution is 4.94. The minimum atomic E-state index is 0.726. The van der Waals surface area contributed by atoms with Gasteiger partial charge in [0, 0.05) is 24.2 Å². The lowest BCUT2D eigenvalue weighted by atomic mass is 9.90. The summed E-state index contributed by atoms with van der Waals surface area (Å²) in [4.78, 5) is 5.56. The van der Waals surface area contributed by atoms with Crippen LogP contribution < -0.4 is 5.32 Å². The molecule has 0 radical (unpaired) electrons. The van der Waals surface area contributed by atoms with Gasteiger partial charge in [-0.3, -0.25) is 4.90 Å². The smallest absolute Gasteiger partial charge is 0.0252 e. The molecule has 2 unspecified atom stereocenters. The number of hydrogen-bond donors (Lipinski definition) is 1. The van der Waals surface area contributed by atoms with E-state index in [4.69, 9.17) is 0 Å². The van der Waals surface area contributed by atoms with Crippen LogP contribution in [0.4, 0.5) is 0 Å². The van der Waals surface area contributed by atoms with E-state index in [2.05, 4.69) is 29.0 Å². The lowest BCUT2D eigenvalue weighted by Crippen LogP contribution is -2.56. The third kappa shape index (κ3) is 3.20. The zero-order valence-corrected chi connectivity index (χ0v) is 13.5. The normalized spacial score (nSPS) is 35.0. The third-order valence-electron chi connectivity index (χ3n) is 5.85. The molecule has 3 aliphatic heterocycles. The minimum Gasteiger partial charge on any atom is -0.312 e. The fourth-order valence-corrected chi connectivity index (χ4v) is 4.64. The molecule has 3 fully saturated rings. The largest absolute Gasteiger partial charge is 0.312 e. The van der Waals surface area contributed by atoms with Gasteiger partial charge in [-0.05, 0) is 78.6 Å². The van der Waals surface area contributed by atoms with Crippen molar-refractivity contribution in [3.63, 3.8) is 0 Å². The number of rotatable bonds is 3. The van der Waals surface area contributed by atoms with Crippen LogP contribution in [0.3, 0.4) is 0 Å². The first-order valence-corrected chi connectivity index (χ1v) is 8.99. The molecule has 0 amide bonds. The summed E-state index contributed by atoms with van der Waals surface area (Å²) >= 11 is 0. The van der Waals surface area contributed by atoms with Gasteiger partial charge in [-0.2, -0.15) is 0 Å². The maximum Gasteiger partial charge on any atom is 0.0252 e. The molecule has 0 spiro atoms. The number of piperidine rings is 2. The molecule has 0 aromatic heterocycles. The Bertz CT molecular complexity index is 291. The standard InChI is InChI=1S/C17H33N3/c1-14(2)19-12-8-15(9-13-19)20-11-4-3-7-17(20)16-6-5-10-18-16/h14-18H,3-13H2,1-2H3. The van der Waals surface area contributed by atoms with Gasteiger partial charge in [0.15, 0.2) is 0 Å². The Morgan fingerprint density at radius 2 is 1.70 bits per heavy atom. The molecule has 3 saturated heterocycles. The Labute approximate surface area is 125 Å². The monoisotopic (exact) mass is 279 g/mol. The summed E-state index contributed by atoms with van der Waals surface area (Å²) in [7, 11) is 0. The van der Waals surface area contributed by atoms with Crippen molar-refractivity contribution in [1.29, 1.82) is 0 Å². The summed E-state index contributed by atoms with van der Waals surface area (Å²) in [5.74, 6) is 0. The molecule has 0 aromatic carbocycles. The first kappa shape index (κ1) is 14.8. The van der Waals surface area contributed by atoms with Crippen LogP contribution in [0.15, 0.2) is 0 Å². The van der Waals surface area contributed by atoms with Gasteiger partial charge in [0.2, 0.25) is 0 Å². The zero-order valence-electron chi connectivity index (χ0n) is 13.5. The van der Waals surface area contributed by atoms with E-state index in [0.29, 0.717) is 0 Å². The Balaban J connectivity index is 1.59. The summed E-state index contributed by atoms with van der Waals surface area (Å²) in [5, 5.41) is 3.77. The third-order valence-corrected chi connectivity index (χ3v) is 5.85. The van der Waals surface area contributed by atoms with Crippen molar-refractivity contribution < 1.29 is 0 Å². The Morgan fingerprint density at radius 1 is 0.900 bits per heavy atom. The van der Waals surface area contributed by atoms with E-state index in [1.165, 1.54) is 71.1 Å². The second-order valence-electron chi connectivity index (χ2n) is 7.36. The van der Waals surface area contributed by atoms with Gasteiger partial charge in [-0.1, -0.05) is 6.42 Å². The van der Waals surface area contributed by atoms with E-state index in [-0.39, 0.29) is 0 Å². The van der Waals surface area contributed by atoms with Crippen LogP contribution in [0.5, 0.6) is 0 Å². The van der Waals surface area contributed by atoms with E-state index in [9.17, 15) is 0 Å². The van der Waals surface area contributed by atoms with E-state index >= 15 is 0 Å². The van der Waals surface area contributed by atoms with Crippen molar-refractivity contribution in [2.75, 3.05) is 26.2 Å². The Hall–Kier alpha value is -0.120. The summed E-state index contributed by atoms with van der Waals surface area (Å²) in [6.45, 7) is 9.90. The van der Waals surface area contributed by atoms with Crippen molar-refractivity contribution in [3.8, 4) is 0 Å². The van der Waals surface area contributed by atoms with E-state index in [1.807, 2.05) is 0 Å². The molecule has 20 heavy (non-hydrogen) atoms. The Morgan fingerprint density at radius 3 is 2.35 bits per heavy atom. The minimum absolute atomic E-state index is 0.726. The van der Waals surface area contributed by atoms with Crippen LogP contribution in [-0.2, 0) is 0 Å². The maximum atomic E-state index is 3.77. The number of nitrogens with one attached hydrogen (secondary N) is 1. The first-order chi connectivity index (χ1) is 9.75. The predicted octanol–water partition coefficient (Wildman–Crippen LogP) is 2.47. The highest BCUT2D eigenvalue weighted by atomic mass is 15.3. The molecule has 3 rings (SSSR count). The van der Waals surface area contributed by atoms with Crippen LogP contribution in [0.1, 0.15) is 58.8 Å². The number of hydrogen-bond acceptors (Lipinski definition) is 3. The Kier molecular flexibility index (Phi) is 5.00. The first-order valence-electron chi connectivity index (χ1n) is 8.99. The molecule has 0 bridgehead atoms. The molecule has 3 nitrogen and oxygen atoms in total. The van der Waals surface area contributed by atoms with E-state index < -0.39 is 0 Å². The summed E-state index contributed by atoms with van der Waals surface area (Å²) in [6.07, 6.45) is 9.88. The van der Waals surface area contributed by atoms with Crippen LogP contribution in [-0.4, -0.2) is 60.1 Å². The molecular weight excluding hydrogens is 246 g/mol. The second-order valence-corrected chi connectivity index (χ2v) is 7.36. The molecule has 3 heterocycles. The SMILES string of the molecule is CC(C)N1CCC(N2CCCCC2C2CCCN2)CC1. The molecule has 2 atom stereocenters. The summed E-state index contributed by atoms with van der Waals surface area (Å²) in [5.41, 5.74) is 0. The molecule has 0 aliphatic carbocycles. The highest BCUT2D eigenvalue weighted by Gasteiger charge is 2.36. The molecule has 0 aromatic rings. The average molecular weight is 279 g/mol. The molecular formula is C17H33N3.